The largest absolute Gasteiger partial charge is 0.379 e. The molecule has 0 atom stereocenters. The minimum absolute atomic E-state index is 0.0285. The van der Waals surface area contributed by atoms with Gasteiger partial charge in [0.1, 0.15) is 0 Å². The molecule has 1 rings (SSSR count). The standard InChI is InChI=1S/C10H22N2O2/c1-10(2,13-3)4-5-11-12-6-8-14-9-7-12/h11H,4-9H2,1-3H3. The Bertz CT molecular complexity index is 156. The predicted octanol–water partition coefficient (Wildman–Crippen LogP) is 0.638. The molecule has 0 unspecified atom stereocenters. The summed E-state index contributed by atoms with van der Waals surface area (Å²) in [5.41, 5.74) is 3.36. The lowest BCUT2D eigenvalue weighted by Gasteiger charge is -2.29. The summed E-state index contributed by atoms with van der Waals surface area (Å²) in [5.74, 6) is 0. The van der Waals surface area contributed by atoms with E-state index in [-0.39, 0.29) is 5.60 Å². The van der Waals surface area contributed by atoms with Crippen molar-refractivity contribution in [1.29, 1.82) is 0 Å². The van der Waals surface area contributed by atoms with Crippen molar-refractivity contribution in [2.45, 2.75) is 25.9 Å². The summed E-state index contributed by atoms with van der Waals surface area (Å²) in [6.07, 6.45) is 1.01. The number of hydrogen-bond acceptors (Lipinski definition) is 4. The topological polar surface area (TPSA) is 33.7 Å². The van der Waals surface area contributed by atoms with E-state index in [4.69, 9.17) is 9.47 Å². The van der Waals surface area contributed by atoms with E-state index in [2.05, 4.69) is 24.3 Å². The quantitative estimate of drug-likeness (QED) is 0.709. The molecule has 1 heterocycles. The van der Waals surface area contributed by atoms with Crippen molar-refractivity contribution >= 4 is 0 Å². The Morgan fingerprint density at radius 1 is 1.36 bits per heavy atom. The van der Waals surface area contributed by atoms with Crippen LogP contribution in [0.2, 0.25) is 0 Å². The highest BCUT2D eigenvalue weighted by Crippen LogP contribution is 2.11. The highest BCUT2D eigenvalue weighted by atomic mass is 16.5. The Kier molecular flexibility index (Phi) is 4.81. The molecule has 0 radical (unpaired) electrons. The van der Waals surface area contributed by atoms with Crippen molar-refractivity contribution in [3.05, 3.63) is 0 Å². The number of nitrogens with one attached hydrogen (secondary N) is 1. The van der Waals surface area contributed by atoms with Gasteiger partial charge in [-0.05, 0) is 20.3 Å². The molecular weight excluding hydrogens is 180 g/mol. The lowest BCUT2D eigenvalue weighted by Crippen LogP contribution is -2.47. The van der Waals surface area contributed by atoms with E-state index in [1.54, 1.807) is 7.11 Å². The van der Waals surface area contributed by atoms with Gasteiger partial charge in [-0.2, -0.15) is 0 Å². The average Bonchev–Trinajstić information content (AvgIpc) is 2.19. The van der Waals surface area contributed by atoms with Gasteiger partial charge in [-0.1, -0.05) is 0 Å². The summed E-state index contributed by atoms with van der Waals surface area (Å²) < 4.78 is 10.6. The van der Waals surface area contributed by atoms with Crippen LogP contribution in [0, 0.1) is 0 Å². The Hall–Kier alpha value is -0.160. The van der Waals surface area contributed by atoms with Gasteiger partial charge in [0.25, 0.3) is 0 Å². The van der Waals surface area contributed by atoms with Crippen LogP contribution in [0.25, 0.3) is 0 Å². The van der Waals surface area contributed by atoms with Crippen LogP contribution in [-0.4, -0.2) is 50.6 Å². The zero-order chi connectivity index (χ0) is 10.4. The van der Waals surface area contributed by atoms with Crippen molar-refractivity contribution in [3.8, 4) is 0 Å². The lowest BCUT2D eigenvalue weighted by atomic mass is 10.1. The SMILES string of the molecule is COC(C)(C)CCNN1CCOCC1. The highest BCUT2D eigenvalue weighted by Gasteiger charge is 2.16. The number of nitrogens with zero attached hydrogens (tertiary/aromatic N) is 1. The summed E-state index contributed by atoms with van der Waals surface area (Å²) in [4.78, 5) is 0. The van der Waals surface area contributed by atoms with Crippen molar-refractivity contribution in [3.63, 3.8) is 0 Å². The maximum Gasteiger partial charge on any atom is 0.0635 e. The molecule has 84 valence electrons. The van der Waals surface area contributed by atoms with Crippen molar-refractivity contribution in [2.24, 2.45) is 0 Å². The molecule has 1 saturated heterocycles. The van der Waals surface area contributed by atoms with Gasteiger partial charge in [0, 0.05) is 26.7 Å². The Balaban J connectivity index is 2.08. The second kappa shape index (κ2) is 5.66. The molecule has 1 aliphatic rings. The summed E-state index contributed by atoms with van der Waals surface area (Å²) in [5, 5.41) is 2.22. The van der Waals surface area contributed by atoms with E-state index in [1.807, 2.05) is 0 Å². The van der Waals surface area contributed by atoms with E-state index >= 15 is 0 Å². The number of rotatable bonds is 5. The lowest BCUT2D eigenvalue weighted by molar-refractivity contribution is -0.00756. The maximum atomic E-state index is 5.34. The van der Waals surface area contributed by atoms with Gasteiger partial charge in [0.05, 0.1) is 18.8 Å². The number of hydrogen-bond donors (Lipinski definition) is 1. The minimum atomic E-state index is -0.0285. The molecular formula is C10H22N2O2. The molecule has 0 aliphatic carbocycles. The summed E-state index contributed by atoms with van der Waals surface area (Å²) in [6.45, 7) is 8.80. The second-order valence-electron chi connectivity index (χ2n) is 4.22. The van der Waals surface area contributed by atoms with Crippen LogP contribution >= 0.6 is 0 Å². The molecule has 0 spiro atoms. The molecule has 1 N–H and O–H groups in total. The molecule has 0 aromatic carbocycles. The first-order chi connectivity index (χ1) is 6.64. The van der Waals surface area contributed by atoms with Crippen LogP contribution in [0.5, 0.6) is 0 Å². The number of methoxy groups -OCH3 is 1. The van der Waals surface area contributed by atoms with Gasteiger partial charge in [0.15, 0.2) is 0 Å². The molecule has 1 fully saturated rings. The van der Waals surface area contributed by atoms with Crippen LogP contribution in [0.1, 0.15) is 20.3 Å². The molecule has 0 aromatic heterocycles. The van der Waals surface area contributed by atoms with Crippen LogP contribution in [-0.2, 0) is 9.47 Å². The minimum Gasteiger partial charge on any atom is -0.379 e. The molecule has 0 aromatic rings. The molecule has 0 bridgehead atoms. The molecule has 14 heavy (non-hydrogen) atoms. The van der Waals surface area contributed by atoms with E-state index in [0.717, 1.165) is 39.3 Å². The molecule has 4 nitrogen and oxygen atoms in total. The monoisotopic (exact) mass is 202 g/mol. The van der Waals surface area contributed by atoms with Crippen LogP contribution in [0.15, 0.2) is 0 Å². The van der Waals surface area contributed by atoms with Crippen LogP contribution in [0.3, 0.4) is 0 Å². The van der Waals surface area contributed by atoms with Crippen molar-refractivity contribution < 1.29 is 9.47 Å². The predicted molar refractivity (Wildman–Crippen MR) is 56.1 cm³/mol. The summed E-state index contributed by atoms with van der Waals surface area (Å²) in [7, 11) is 1.76. The fraction of sp³-hybridized carbons (Fsp3) is 1.00. The Morgan fingerprint density at radius 3 is 2.57 bits per heavy atom. The van der Waals surface area contributed by atoms with Crippen LogP contribution in [0.4, 0.5) is 0 Å². The third-order valence-electron chi connectivity index (χ3n) is 2.63. The zero-order valence-electron chi connectivity index (χ0n) is 9.51. The number of hydrazine groups is 1. The average molecular weight is 202 g/mol. The first-order valence-corrected chi connectivity index (χ1v) is 5.25. The van der Waals surface area contributed by atoms with E-state index in [9.17, 15) is 0 Å². The smallest absolute Gasteiger partial charge is 0.0635 e. The summed E-state index contributed by atoms with van der Waals surface area (Å²) in [6, 6.07) is 0. The maximum absolute atomic E-state index is 5.34. The van der Waals surface area contributed by atoms with Crippen molar-refractivity contribution in [1.82, 2.24) is 10.4 Å². The van der Waals surface area contributed by atoms with E-state index in [1.165, 1.54) is 0 Å². The Morgan fingerprint density at radius 2 is 2.00 bits per heavy atom. The van der Waals surface area contributed by atoms with Gasteiger partial charge in [-0.3, -0.25) is 5.43 Å². The first kappa shape index (κ1) is 11.9. The van der Waals surface area contributed by atoms with Gasteiger partial charge >= 0.3 is 0 Å². The third kappa shape index (κ3) is 4.37. The van der Waals surface area contributed by atoms with Crippen LogP contribution < -0.4 is 5.43 Å². The van der Waals surface area contributed by atoms with Crippen molar-refractivity contribution in [2.75, 3.05) is 40.0 Å². The third-order valence-corrected chi connectivity index (χ3v) is 2.63. The fourth-order valence-corrected chi connectivity index (χ4v) is 1.34. The number of ether oxygens (including phenoxy) is 2. The zero-order valence-corrected chi connectivity index (χ0v) is 9.51. The highest BCUT2D eigenvalue weighted by molar-refractivity contribution is 4.69. The second-order valence-corrected chi connectivity index (χ2v) is 4.22. The molecule has 4 heteroatoms. The van der Waals surface area contributed by atoms with Gasteiger partial charge in [-0.25, -0.2) is 5.01 Å². The summed E-state index contributed by atoms with van der Waals surface area (Å²) >= 11 is 0. The van der Waals surface area contributed by atoms with Gasteiger partial charge in [-0.15, -0.1) is 0 Å². The fourth-order valence-electron chi connectivity index (χ4n) is 1.34. The van der Waals surface area contributed by atoms with Gasteiger partial charge < -0.3 is 9.47 Å². The molecule has 0 saturated carbocycles. The molecule has 0 amide bonds. The van der Waals surface area contributed by atoms with Gasteiger partial charge in [0.2, 0.25) is 0 Å². The normalized spacial score (nSPS) is 19.9. The number of morpholine rings is 1. The van der Waals surface area contributed by atoms with E-state index < -0.39 is 0 Å². The first-order valence-electron chi connectivity index (χ1n) is 5.25. The molecule has 1 aliphatic heterocycles. The Labute approximate surface area is 86.5 Å². The van der Waals surface area contributed by atoms with E-state index in [0.29, 0.717) is 0 Å².